The summed E-state index contributed by atoms with van der Waals surface area (Å²) in [6, 6.07) is 30.9. The van der Waals surface area contributed by atoms with E-state index in [2.05, 4.69) is 67.7 Å². The second-order valence-corrected chi connectivity index (χ2v) is 25.5. The summed E-state index contributed by atoms with van der Waals surface area (Å²) in [5.74, 6) is -6.24. The first-order valence-corrected chi connectivity index (χ1v) is 33.2. The fourth-order valence-electron chi connectivity index (χ4n) is 9.74. The summed E-state index contributed by atoms with van der Waals surface area (Å²) in [6.07, 6.45) is 3.03. The zero-order valence-corrected chi connectivity index (χ0v) is 59.9. The Kier molecular flexibility index (Phi) is 29.9. The minimum Gasteiger partial charge on any atom is -0.508 e. The quantitative estimate of drug-likeness (QED) is 0.0282. The number of aromatic nitrogens is 4. The second-order valence-electron chi connectivity index (χ2n) is 22.3. The molecule has 0 saturated heterocycles. The van der Waals surface area contributed by atoms with Gasteiger partial charge in [-0.05, 0) is 133 Å². The Labute approximate surface area is 616 Å². The molecular formula is C69H71Cl2N13O17S3. The van der Waals surface area contributed by atoms with Crippen molar-refractivity contribution in [2.75, 3.05) is 33.9 Å². The summed E-state index contributed by atoms with van der Waals surface area (Å²) in [4.78, 5) is 139. The maximum absolute atomic E-state index is 13.0. The van der Waals surface area contributed by atoms with Crippen LogP contribution in [0.5, 0.6) is 17.2 Å². The number of hydrogen-bond donors (Lipinski definition) is 15. The summed E-state index contributed by atoms with van der Waals surface area (Å²) in [7, 11) is 2.39. The first-order valence-electron chi connectivity index (χ1n) is 30.8. The number of phenolic OH excluding ortho intramolecular Hbond substituents is 3. The highest BCUT2D eigenvalue weighted by molar-refractivity contribution is 7.17. The number of phenols is 3. The van der Waals surface area contributed by atoms with Gasteiger partial charge in [-0.15, -0.1) is 58.8 Å². The minimum absolute atomic E-state index is 0. The lowest BCUT2D eigenvalue weighted by molar-refractivity contribution is -0.143. The predicted octanol–water partition coefficient (Wildman–Crippen LogP) is 6.22. The number of ether oxygens (including phenoxy) is 2. The van der Waals surface area contributed by atoms with E-state index in [1.54, 1.807) is 130 Å². The summed E-state index contributed by atoms with van der Waals surface area (Å²) < 4.78 is 9.39. The van der Waals surface area contributed by atoms with Crippen LogP contribution in [-0.4, -0.2) is 158 Å². The molecule has 0 unspecified atom stereocenters. The third-order valence-electron chi connectivity index (χ3n) is 14.9. The molecule has 0 aliphatic rings. The molecule has 5 aromatic heterocycles. The normalized spacial score (nSPS) is 11.3. The number of carbonyl (C=O) groups is 11. The molecule has 0 radical (unpaired) electrons. The highest BCUT2D eigenvalue weighted by Crippen LogP contribution is 2.26. The lowest BCUT2D eigenvalue weighted by Gasteiger charge is -2.17. The van der Waals surface area contributed by atoms with Crippen molar-refractivity contribution in [1.29, 1.82) is 0 Å². The molecule has 5 aromatic carbocycles. The van der Waals surface area contributed by atoms with Gasteiger partial charge in [0.2, 0.25) is 0 Å². The van der Waals surface area contributed by atoms with Gasteiger partial charge in [0.15, 0.2) is 0 Å². The van der Waals surface area contributed by atoms with E-state index >= 15 is 0 Å². The molecule has 0 bridgehead atoms. The Hall–Kier alpha value is -11.8. The fourth-order valence-corrected chi connectivity index (χ4v) is 12.7. The van der Waals surface area contributed by atoms with Crippen LogP contribution in [0, 0.1) is 20.8 Å². The number of nitrogens with zero attached hydrogens (tertiary/aromatic N) is 2. The molecule has 0 aliphatic heterocycles. The number of esters is 2. The molecule has 35 heteroatoms. The number of aromatic amines is 2. The highest BCUT2D eigenvalue weighted by Gasteiger charge is 2.29. The first-order chi connectivity index (χ1) is 48.8. The summed E-state index contributed by atoms with van der Waals surface area (Å²) >= 11 is 2.92. The van der Waals surface area contributed by atoms with Gasteiger partial charge in [0.1, 0.15) is 35.4 Å². The lowest BCUT2D eigenvalue weighted by atomic mass is 10.1. The Bertz CT molecular complexity index is 4780. The molecular weight excluding hydrogens is 1450 g/mol. The van der Waals surface area contributed by atoms with Gasteiger partial charge in [-0.2, -0.15) is 10.2 Å². The smallest absolute Gasteiger partial charge is 0.330 e. The average molecular weight is 1520 g/mol. The average Bonchev–Trinajstić information content (AvgIpc) is 1.67. The second kappa shape index (κ2) is 38.3. The molecule has 0 fully saturated rings. The number of benzene rings is 5. The topological polar surface area (TPSA) is 467 Å². The van der Waals surface area contributed by atoms with Gasteiger partial charge >= 0.3 is 17.9 Å². The van der Waals surface area contributed by atoms with Crippen LogP contribution in [0.1, 0.15) is 112 Å². The van der Waals surface area contributed by atoms with E-state index in [0.717, 1.165) is 45.1 Å². The zero-order valence-electron chi connectivity index (χ0n) is 55.9. The molecule has 0 aliphatic carbocycles. The van der Waals surface area contributed by atoms with E-state index in [4.69, 9.17) is 10.5 Å². The first kappa shape index (κ1) is 81.2. The molecule has 16 N–H and O–H groups in total. The molecule has 546 valence electrons. The van der Waals surface area contributed by atoms with Gasteiger partial charge < -0.3 is 78.2 Å². The van der Waals surface area contributed by atoms with Crippen molar-refractivity contribution < 1.29 is 82.6 Å². The number of nitrogens with one attached hydrogen (secondary N) is 10. The monoisotopic (exact) mass is 1520 g/mol. The number of H-pyrrole nitrogens is 2. The molecule has 30 nitrogen and oxygen atoms in total. The number of hydrogen-bond acceptors (Lipinski definition) is 22. The fraction of sp³-hybridized carbons (Fsp3) is 0.203. The number of carbonyl (C=O) groups excluding carboxylic acids is 10. The summed E-state index contributed by atoms with van der Waals surface area (Å²) in [5.41, 5.74) is 11.3. The molecule has 5 heterocycles. The van der Waals surface area contributed by atoms with E-state index in [1.807, 2.05) is 0 Å². The third-order valence-corrected chi connectivity index (χ3v) is 18.7. The van der Waals surface area contributed by atoms with Gasteiger partial charge in [-0.1, -0.05) is 48.5 Å². The van der Waals surface area contributed by atoms with Crippen LogP contribution < -0.4 is 48.3 Å². The van der Waals surface area contributed by atoms with Gasteiger partial charge in [-0.3, -0.25) is 48.6 Å². The number of fused-ring (bicyclic) bond motifs is 2. The van der Waals surface area contributed by atoms with E-state index in [0.29, 0.717) is 69.8 Å². The number of nitrogens with two attached hydrogens (primary N) is 1. The van der Waals surface area contributed by atoms with Crippen molar-refractivity contribution in [3.05, 3.63) is 214 Å². The largest absolute Gasteiger partial charge is 0.508 e. The lowest BCUT2D eigenvalue weighted by Crippen LogP contribution is -2.49. The Morgan fingerprint density at radius 3 is 1.11 bits per heavy atom. The number of halogens is 2. The molecule has 8 amide bonds. The van der Waals surface area contributed by atoms with Gasteiger partial charge in [0.05, 0.1) is 78.0 Å². The number of aliphatic carboxylic acids is 1. The van der Waals surface area contributed by atoms with E-state index in [9.17, 15) is 73.2 Å². The molecule has 0 saturated carbocycles. The van der Waals surface area contributed by atoms with Crippen LogP contribution >= 0.6 is 58.8 Å². The van der Waals surface area contributed by atoms with E-state index < -0.39 is 71.5 Å². The van der Waals surface area contributed by atoms with Gasteiger partial charge in [-0.25, -0.2) is 14.4 Å². The number of thiophene rings is 3. The van der Waals surface area contributed by atoms with E-state index in [1.165, 1.54) is 44.8 Å². The van der Waals surface area contributed by atoms with Crippen LogP contribution in [0.25, 0.3) is 21.8 Å². The SMILES string of the molecule is COC(=O)[C@H](CN)NC(=O)c1sc(C(=O)NCc2cccc(O)c2)cc1C.COC(=O)[C@H](CNC(=O)c1cccc2[nH]ncc12)NC(=O)c1sc(C(=O)NCc2cccc(O)c2)cc1C.Cc1cc(C(=O)NCc2cccc(O)c2)sc1C(=O)N[C@@H](CNC(=O)c1cccc2[nH]ncc12)C(=O)O.Cl.Cl. The Balaban J connectivity index is 0.000000246. The molecule has 0 spiro atoms. The number of aromatic hydroxyl groups is 3. The third kappa shape index (κ3) is 21.9. The number of amides is 8. The maximum atomic E-state index is 13.0. The molecule has 10 rings (SSSR count). The predicted molar refractivity (Wildman–Crippen MR) is 391 cm³/mol. The number of methoxy groups -OCH3 is 2. The maximum Gasteiger partial charge on any atom is 0.330 e. The van der Waals surface area contributed by atoms with Gasteiger partial charge in [0.25, 0.3) is 47.3 Å². The van der Waals surface area contributed by atoms with Crippen LogP contribution in [0.3, 0.4) is 0 Å². The van der Waals surface area contributed by atoms with Crippen molar-refractivity contribution >= 4 is 146 Å². The summed E-state index contributed by atoms with van der Waals surface area (Å²) in [5, 5.41) is 73.6. The van der Waals surface area contributed by atoms with Crippen LogP contribution in [0.15, 0.2) is 140 Å². The van der Waals surface area contributed by atoms with Crippen LogP contribution in [0.4, 0.5) is 0 Å². The minimum atomic E-state index is -1.40. The van der Waals surface area contributed by atoms with Crippen molar-refractivity contribution in [2.45, 2.75) is 58.5 Å². The molecule has 10 aromatic rings. The van der Waals surface area contributed by atoms with E-state index in [-0.39, 0.29) is 108 Å². The Morgan fingerprint density at radius 1 is 0.442 bits per heavy atom. The molecule has 3 atom stereocenters. The Morgan fingerprint density at radius 2 is 0.769 bits per heavy atom. The standard InChI is InChI=1S/C26H25N5O6S.C25H23N5O6S.C18H21N3O5S.2ClH/c1-14-9-21(24(34)27-11-15-5-3-6-16(32)10-15)38-22(14)25(35)30-20(26(36)37-2)13-28-23(33)17-7-4-8-19-18(17)12-29-31-19;1-13-8-20(23(33)26-10-14-4-2-5-15(31)9-14)37-21(13)24(34)29-19(25(35)36)12-27-22(32)16-6-3-7-18-17(16)11-28-30-18;1-10-6-14(16(23)20-9-11-4-3-5-12(22)7-11)27-15(10)17(24)21-13(8-19)18(25)26-2;;/h3-10,12,20,32H,11,13H2,1-2H3,(H,27,34)(H,28,33)(H,29,31)(H,30,35);2-9,11,19,31H,10,12H2,1H3,(H,26,33)(H,27,32)(H,28,30)(H,29,34)(H,35,36);3-7,13,22H,8-9,19H2,1-2H3,(H,20,23)(H,21,24);2*1H/t20-;19-;13-;;/m000../s1. The van der Waals surface area contributed by atoms with Crippen LogP contribution in [0.2, 0.25) is 0 Å². The summed E-state index contributed by atoms with van der Waals surface area (Å²) in [6.45, 7) is 4.97. The number of carboxylic acid groups (broad SMARTS) is 1. The van der Waals surface area contributed by atoms with Crippen molar-refractivity contribution in [1.82, 2.24) is 62.9 Å². The molecule has 104 heavy (non-hydrogen) atoms. The number of rotatable bonds is 25. The zero-order chi connectivity index (χ0) is 73.7. The van der Waals surface area contributed by atoms with Crippen LogP contribution in [-0.2, 0) is 43.5 Å². The number of aryl methyl sites for hydroxylation is 3. The van der Waals surface area contributed by atoms with Crippen molar-refractivity contribution in [3.63, 3.8) is 0 Å². The van der Waals surface area contributed by atoms with Gasteiger partial charge in [0, 0.05) is 50.0 Å². The van der Waals surface area contributed by atoms with Crippen molar-refractivity contribution in [3.8, 4) is 17.2 Å². The number of carboxylic acids is 1. The highest BCUT2D eigenvalue weighted by atomic mass is 35.5. The van der Waals surface area contributed by atoms with Crippen molar-refractivity contribution in [2.24, 2.45) is 5.73 Å².